The van der Waals surface area contributed by atoms with Crippen molar-refractivity contribution in [1.29, 1.82) is 0 Å². The van der Waals surface area contributed by atoms with Crippen molar-refractivity contribution in [1.82, 2.24) is 9.97 Å². The fourth-order valence-corrected chi connectivity index (χ4v) is 1.48. The first kappa shape index (κ1) is 10.4. The lowest BCUT2D eigenvalue weighted by Gasteiger charge is -2.08. The van der Waals surface area contributed by atoms with Crippen LogP contribution in [0, 0.1) is 5.92 Å². The molecule has 15 heavy (non-hydrogen) atoms. The van der Waals surface area contributed by atoms with Crippen molar-refractivity contribution < 1.29 is 5.11 Å². The predicted octanol–water partition coefficient (Wildman–Crippen LogP) is 1.22. The number of hydrogen-bond acceptors (Lipinski definition) is 4. The Bertz CT molecular complexity index is 323. The average Bonchev–Trinajstić information content (AvgIpc) is 2.99. The molecular weight excluding hydrogens is 190 g/mol. The standard InChI is InChI=1S/C11H17N3O/c1-8(15)6-12-11-5-10(13-7-14-11)4-9-2-3-9/h5,7-9,15H,2-4,6H2,1H3,(H,12,13,14). The number of nitrogens with one attached hydrogen (secondary N) is 1. The molecule has 1 fully saturated rings. The molecule has 0 spiro atoms. The summed E-state index contributed by atoms with van der Waals surface area (Å²) < 4.78 is 0. The number of nitrogens with zero attached hydrogens (tertiary/aromatic N) is 2. The summed E-state index contributed by atoms with van der Waals surface area (Å²) in [5.41, 5.74) is 1.10. The third kappa shape index (κ3) is 3.47. The van der Waals surface area contributed by atoms with E-state index in [1.807, 2.05) is 6.07 Å². The van der Waals surface area contributed by atoms with E-state index in [2.05, 4.69) is 15.3 Å². The van der Waals surface area contributed by atoms with Crippen LogP contribution in [-0.2, 0) is 6.42 Å². The molecule has 0 amide bonds. The van der Waals surface area contributed by atoms with E-state index in [0.717, 1.165) is 23.9 Å². The quantitative estimate of drug-likeness (QED) is 0.762. The molecular formula is C11H17N3O. The zero-order valence-corrected chi connectivity index (χ0v) is 8.98. The molecule has 1 aliphatic carbocycles. The van der Waals surface area contributed by atoms with Gasteiger partial charge in [-0.1, -0.05) is 0 Å². The van der Waals surface area contributed by atoms with Crippen LogP contribution < -0.4 is 5.32 Å². The Morgan fingerprint density at radius 3 is 3.00 bits per heavy atom. The molecule has 1 atom stereocenters. The Kier molecular flexibility index (Phi) is 3.16. The highest BCUT2D eigenvalue weighted by atomic mass is 16.3. The summed E-state index contributed by atoms with van der Waals surface area (Å²) in [5.74, 6) is 1.64. The van der Waals surface area contributed by atoms with Gasteiger partial charge in [0.25, 0.3) is 0 Å². The molecule has 0 bridgehead atoms. The highest BCUT2D eigenvalue weighted by molar-refractivity contribution is 5.35. The van der Waals surface area contributed by atoms with Gasteiger partial charge in [-0.15, -0.1) is 0 Å². The van der Waals surface area contributed by atoms with Gasteiger partial charge in [0.05, 0.1) is 6.10 Å². The molecule has 1 unspecified atom stereocenters. The van der Waals surface area contributed by atoms with Crippen LogP contribution in [0.3, 0.4) is 0 Å². The Morgan fingerprint density at radius 2 is 2.33 bits per heavy atom. The monoisotopic (exact) mass is 207 g/mol. The molecule has 1 heterocycles. The van der Waals surface area contributed by atoms with Crippen LogP contribution in [0.1, 0.15) is 25.5 Å². The van der Waals surface area contributed by atoms with Crippen molar-refractivity contribution in [3.63, 3.8) is 0 Å². The summed E-state index contributed by atoms with van der Waals surface area (Å²) in [4.78, 5) is 8.34. The number of rotatable bonds is 5. The molecule has 2 rings (SSSR count). The molecule has 1 aliphatic rings. The van der Waals surface area contributed by atoms with Crippen LogP contribution in [0.5, 0.6) is 0 Å². The maximum Gasteiger partial charge on any atom is 0.129 e. The summed E-state index contributed by atoms with van der Waals surface area (Å²) >= 11 is 0. The zero-order valence-electron chi connectivity index (χ0n) is 8.98. The lowest BCUT2D eigenvalue weighted by Crippen LogP contribution is -2.16. The van der Waals surface area contributed by atoms with Crippen molar-refractivity contribution in [2.24, 2.45) is 5.92 Å². The van der Waals surface area contributed by atoms with Gasteiger partial charge in [-0.2, -0.15) is 0 Å². The molecule has 1 aromatic heterocycles. The van der Waals surface area contributed by atoms with Crippen molar-refractivity contribution in [2.75, 3.05) is 11.9 Å². The lowest BCUT2D eigenvalue weighted by molar-refractivity contribution is 0.208. The van der Waals surface area contributed by atoms with Crippen LogP contribution in [0.4, 0.5) is 5.82 Å². The lowest BCUT2D eigenvalue weighted by atomic mass is 10.2. The van der Waals surface area contributed by atoms with E-state index >= 15 is 0 Å². The van der Waals surface area contributed by atoms with E-state index in [9.17, 15) is 0 Å². The van der Waals surface area contributed by atoms with Crippen molar-refractivity contribution in [3.05, 3.63) is 18.1 Å². The summed E-state index contributed by atoms with van der Waals surface area (Å²) in [6, 6.07) is 1.97. The molecule has 0 aromatic carbocycles. The van der Waals surface area contributed by atoms with Crippen LogP contribution in [0.25, 0.3) is 0 Å². The second-order valence-corrected chi connectivity index (χ2v) is 4.27. The number of anilines is 1. The summed E-state index contributed by atoms with van der Waals surface area (Å²) in [7, 11) is 0. The summed E-state index contributed by atoms with van der Waals surface area (Å²) in [6.07, 6.45) is 4.96. The van der Waals surface area contributed by atoms with E-state index in [-0.39, 0.29) is 6.10 Å². The van der Waals surface area contributed by atoms with Crippen LogP contribution in [0.2, 0.25) is 0 Å². The fourth-order valence-electron chi connectivity index (χ4n) is 1.48. The first-order chi connectivity index (χ1) is 7.24. The Balaban J connectivity index is 1.92. The second-order valence-electron chi connectivity index (χ2n) is 4.27. The molecule has 1 saturated carbocycles. The number of aliphatic hydroxyl groups is 1. The number of aromatic nitrogens is 2. The molecule has 0 saturated heterocycles. The molecule has 4 nitrogen and oxygen atoms in total. The molecule has 2 N–H and O–H groups in total. The zero-order chi connectivity index (χ0) is 10.7. The minimum absolute atomic E-state index is 0.355. The summed E-state index contributed by atoms with van der Waals surface area (Å²) in [5, 5.41) is 12.2. The maximum absolute atomic E-state index is 9.13. The molecule has 0 aliphatic heterocycles. The normalized spacial score (nSPS) is 17.5. The smallest absolute Gasteiger partial charge is 0.129 e. The Labute approximate surface area is 89.8 Å². The third-order valence-electron chi connectivity index (χ3n) is 2.50. The van der Waals surface area contributed by atoms with E-state index in [4.69, 9.17) is 5.11 Å². The first-order valence-electron chi connectivity index (χ1n) is 5.47. The summed E-state index contributed by atoms with van der Waals surface area (Å²) in [6.45, 7) is 2.28. The molecule has 1 aromatic rings. The van der Waals surface area contributed by atoms with Gasteiger partial charge in [0.2, 0.25) is 0 Å². The van der Waals surface area contributed by atoms with Crippen LogP contribution in [-0.4, -0.2) is 27.7 Å². The Morgan fingerprint density at radius 1 is 1.53 bits per heavy atom. The van der Waals surface area contributed by atoms with E-state index in [1.54, 1.807) is 13.3 Å². The van der Waals surface area contributed by atoms with E-state index < -0.39 is 0 Å². The van der Waals surface area contributed by atoms with Crippen LogP contribution >= 0.6 is 0 Å². The second kappa shape index (κ2) is 4.57. The van der Waals surface area contributed by atoms with Gasteiger partial charge in [0, 0.05) is 18.3 Å². The number of aliphatic hydroxyl groups excluding tert-OH is 1. The SMILES string of the molecule is CC(O)CNc1cc(CC2CC2)ncn1. The van der Waals surface area contributed by atoms with Crippen LogP contribution in [0.15, 0.2) is 12.4 Å². The van der Waals surface area contributed by atoms with Crippen molar-refractivity contribution >= 4 is 5.82 Å². The highest BCUT2D eigenvalue weighted by Gasteiger charge is 2.22. The minimum Gasteiger partial charge on any atom is -0.392 e. The van der Waals surface area contributed by atoms with Gasteiger partial charge in [-0.05, 0) is 32.1 Å². The van der Waals surface area contributed by atoms with Crippen molar-refractivity contribution in [2.45, 2.75) is 32.3 Å². The predicted molar refractivity (Wildman–Crippen MR) is 58.6 cm³/mol. The van der Waals surface area contributed by atoms with Gasteiger partial charge >= 0.3 is 0 Å². The molecule has 82 valence electrons. The first-order valence-corrected chi connectivity index (χ1v) is 5.47. The van der Waals surface area contributed by atoms with Gasteiger partial charge in [-0.3, -0.25) is 0 Å². The minimum atomic E-state index is -0.355. The van der Waals surface area contributed by atoms with Gasteiger partial charge in [-0.25, -0.2) is 9.97 Å². The van der Waals surface area contributed by atoms with Gasteiger partial charge < -0.3 is 10.4 Å². The van der Waals surface area contributed by atoms with E-state index in [0.29, 0.717) is 6.54 Å². The maximum atomic E-state index is 9.13. The fraction of sp³-hybridized carbons (Fsp3) is 0.636. The topological polar surface area (TPSA) is 58.0 Å². The van der Waals surface area contributed by atoms with Gasteiger partial charge in [0.15, 0.2) is 0 Å². The number of hydrogen-bond donors (Lipinski definition) is 2. The average molecular weight is 207 g/mol. The molecule has 0 radical (unpaired) electrons. The molecule has 4 heteroatoms. The third-order valence-corrected chi connectivity index (χ3v) is 2.50. The van der Waals surface area contributed by atoms with E-state index in [1.165, 1.54) is 12.8 Å². The Hall–Kier alpha value is -1.16. The largest absolute Gasteiger partial charge is 0.392 e. The van der Waals surface area contributed by atoms with Crippen molar-refractivity contribution in [3.8, 4) is 0 Å². The highest BCUT2D eigenvalue weighted by Crippen LogP contribution is 2.32. The van der Waals surface area contributed by atoms with Gasteiger partial charge in [0.1, 0.15) is 12.1 Å².